The van der Waals surface area contributed by atoms with Gasteiger partial charge in [0.05, 0.1) is 5.69 Å². The second-order valence-corrected chi connectivity index (χ2v) is 6.13. The second-order valence-electron chi connectivity index (χ2n) is 5.27. The molecule has 6 nitrogen and oxygen atoms in total. The van der Waals surface area contributed by atoms with Gasteiger partial charge in [-0.3, -0.25) is 14.7 Å². The zero-order valence-corrected chi connectivity index (χ0v) is 13.2. The number of hydrogen-bond acceptors (Lipinski definition) is 6. The lowest BCUT2D eigenvalue weighted by molar-refractivity contribution is -0.114. The van der Waals surface area contributed by atoms with E-state index in [9.17, 15) is 4.79 Å². The fraction of sp³-hybridized carbons (Fsp3) is 0.400. The molecule has 1 N–H and O–H groups in total. The summed E-state index contributed by atoms with van der Waals surface area (Å²) in [6, 6.07) is 3.76. The molecule has 0 aliphatic carbocycles. The number of rotatable bonds is 5. The normalized spacial score (nSPS) is 18.3. The monoisotopic (exact) mass is 318 g/mol. The summed E-state index contributed by atoms with van der Waals surface area (Å²) in [4.78, 5) is 21.7. The van der Waals surface area contributed by atoms with Gasteiger partial charge in [0.15, 0.2) is 5.13 Å². The number of likely N-dealkylation sites (tertiary alicyclic amines) is 1. The average Bonchev–Trinajstić information content (AvgIpc) is 3.10. The maximum absolute atomic E-state index is 11.0. The summed E-state index contributed by atoms with van der Waals surface area (Å²) in [5, 5.41) is 5.36. The molecule has 1 aliphatic rings. The number of aromatic nitrogens is 2. The summed E-state index contributed by atoms with van der Waals surface area (Å²) >= 11 is 1.46. The van der Waals surface area contributed by atoms with Crippen molar-refractivity contribution in [1.29, 1.82) is 0 Å². The van der Waals surface area contributed by atoms with Gasteiger partial charge in [0, 0.05) is 44.3 Å². The van der Waals surface area contributed by atoms with Crippen LogP contribution in [0.4, 0.5) is 5.13 Å². The van der Waals surface area contributed by atoms with Crippen molar-refractivity contribution in [3.8, 4) is 5.75 Å². The number of ether oxygens (including phenoxy) is 1. The molecule has 0 radical (unpaired) electrons. The van der Waals surface area contributed by atoms with Gasteiger partial charge in [-0.05, 0) is 18.6 Å². The van der Waals surface area contributed by atoms with Gasteiger partial charge in [0.25, 0.3) is 0 Å². The lowest BCUT2D eigenvalue weighted by Crippen LogP contribution is -2.24. The highest BCUT2D eigenvalue weighted by Crippen LogP contribution is 2.21. The molecular weight excluding hydrogens is 300 g/mol. The van der Waals surface area contributed by atoms with Crippen LogP contribution in [0, 0.1) is 0 Å². The van der Waals surface area contributed by atoms with Gasteiger partial charge in [-0.15, -0.1) is 11.3 Å². The summed E-state index contributed by atoms with van der Waals surface area (Å²) in [6.45, 7) is 4.15. The van der Waals surface area contributed by atoms with Crippen molar-refractivity contribution < 1.29 is 9.53 Å². The molecule has 0 aromatic carbocycles. The fourth-order valence-electron chi connectivity index (χ4n) is 2.46. The van der Waals surface area contributed by atoms with Crippen LogP contribution in [0.5, 0.6) is 5.75 Å². The summed E-state index contributed by atoms with van der Waals surface area (Å²) in [6.07, 6.45) is 4.68. The van der Waals surface area contributed by atoms with Crippen LogP contribution in [0.1, 0.15) is 19.0 Å². The van der Waals surface area contributed by atoms with Crippen LogP contribution in [0.2, 0.25) is 0 Å². The van der Waals surface area contributed by atoms with E-state index in [0.717, 1.165) is 37.5 Å². The molecule has 1 saturated heterocycles. The van der Waals surface area contributed by atoms with Gasteiger partial charge >= 0.3 is 0 Å². The van der Waals surface area contributed by atoms with Crippen LogP contribution < -0.4 is 10.1 Å². The van der Waals surface area contributed by atoms with Gasteiger partial charge in [-0.2, -0.15) is 0 Å². The molecule has 0 bridgehead atoms. The van der Waals surface area contributed by atoms with Crippen molar-refractivity contribution in [3.05, 3.63) is 35.6 Å². The topological polar surface area (TPSA) is 67.4 Å². The lowest BCUT2D eigenvalue weighted by Gasteiger charge is -2.15. The Balaban J connectivity index is 1.50. The van der Waals surface area contributed by atoms with Gasteiger partial charge in [-0.25, -0.2) is 4.98 Å². The lowest BCUT2D eigenvalue weighted by atomic mass is 10.3. The SMILES string of the molecule is CC(=O)Nc1nc(CN2CC[C@@H](Oc3ccncc3)C2)cs1. The number of anilines is 1. The zero-order chi connectivity index (χ0) is 15.4. The largest absolute Gasteiger partial charge is 0.489 e. The van der Waals surface area contributed by atoms with Crippen molar-refractivity contribution in [2.75, 3.05) is 18.4 Å². The molecule has 0 unspecified atom stereocenters. The maximum Gasteiger partial charge on any atom is 0.223 e. The number of hydrogen-bond donors (Lipinski definition) is 1. The third kappa shape index (κ3) is 4.02. The van der Waals surface area contributed by atoms with Crippen molar-refractivity contribution in [2.24, 2.45) is 0 Å². The third-order valence-corrected chi connectivity index (χ3v) is 4.21. The first kappa shape index (κ1) is 14.9. The number of carbonyl (C=O) groups is 1. The number of amides is 1. The predicted molar refractivity (Wildman–Crippen MR) is 85.0 cm³/mol. The van der Waals surface area contributed by atoms with Crippen LogP contribution in [-0.2, 0) is 11.3 Å². The highest BCUT2D eigenvalue weighted by atomic mass is 32.1. The number of nitrogens with zero attached hydrogens (tertiary/aromatic N) is 3. The Kier molecular flexibility index (Phi) is 4.65. The first-order chi connectivity index (χ1) is 10.7. The van der Waals surface area contributed by atoms with Crippen LogP contribution in [0.25, 0.3) is 0 Å². The van der Waals surface area contributed by atoms with E-state index in [1.807, 2.05) is 17.5 Å². The van der Waals surface area contributed by atoms with E-state index in [0.29, 0.717) is 5.13 Å². The fourth-order valence-corrected chi connectivity index (χ4v) is 3.21. The molecule has 1 atom stereocenters. The van der Waals surface area contributed by atoms with Crippen molar-refractivity contribution in [3.63, 3.8) is 0 Å². The molecule has 0 saturated carbocycles. The van der Waals surface area contributed by atoms with Crippen molar-refractivity contribution in [1.82, 2.24) is 14.9 Å². The molecule has 116 valence electrons. The number of carbonyl (C=O) groups excluding carboxylic acids is 1. The van der Waals surface area contributed by atoms with Gasteiger partial charge < -0.3 is 10.1 Å². The average molecular weight is 318 g/mol. The molecule has 0 spiro atoms. The Labute approximate surface area is 133 Å². The van der Waals surface area contributed by atoms with Crippen molar-refractivity contribution in [2.45, 2.75) is 26.0 Å². The Morgan fingerprint density at radius 1 is 1.50 bits per heavy atom. The molecule has 3 heterocycles. The molecule has 2 aromatic heterocycles. The van der Waals surface area contributed by atoms with Crippen LogP contribution >= 0.6 is 11.3 Å². The minimum Gasteiger partial charge on any atom is -0.489 e. The highest BCUT2D eigenvalue weighted by molar-refractivity contribution is 7.13. The molecular formula is C15H18N4O2S. The third-order valence-electron chi connectivity index (χ3n) is 3.40. The van der Waals surface area contributed by atoms with Crippen LogP contribution in [0.3, 0.4) is 0 Å². The minimum absolute atomic E-state index is 0.0899. The summed E-state index contributed by atoms with van der Waals surface area (Å²) in [7, 11) is 0. The van der Waals surface area contributed by atoms with E-state index in [1.165, 1.54) is 18.3 Å². The Hall–Kier alpha value is -1.99. The van der Waals surface area contributed by atoms with Crippen molar-refractivity contribution >= 4 is 22.4 Å². The molecule has 1 amide bonds. The Morgan fingerprint density at radius 2 is 2.32 bits per heavy atom. The number of nitrogens with one attached hydrogen (secondary N) is 1. The first-order valence-electron chi connectivity index (χ1n) is 7.20. The number of thiazole rings is 1. The number of pyridine rings is 1. The first-order valence-corrected chi connectivity index (χ1v) is 8.08. The maximum atomic E-state index is 11.0. The van der Waals surface area contributed by atoms with E-state index in [1.54, 1.807) is 12.4 Å². The zero-order valence-electron chi connectivity index (χ0n) is 12.4. The Morgan fingerprint density at radius 3 is 3.09 bits per heavy atom. The quantitative estimate of drug-likeness (QED) is 0.915. The van der Waals surface area contributed by atoms with E-state index < -0.39 is 0 Å². The summed E-state index contributed by atoms with van der Waals surface area (Å²) in [5.41, 5.74) is 0.985. The van der Waals surface area contributed by atoms with Crippen LogP contribution in [0.15, 0.2) is 29.9 Å². The van der Waals surface area contributed by atoms with E-state index in [2.05, 4.69) is 20.2 Å². The van der Waals surface area contributed by atoms with Gasteiger partial charge in [-0.1, -0.05) is 0 Å². The van der Waals surface area contributed by atoms with Gasteiger partial charge in [0.2, 0.25) is 5.91 Å². The Bertz CT molecular complexity index is 631. The smallest absolute Gasteiger partial charge is 0.223 e. The molecule has 7 heteroatoms. The predicted octanol–water partition coefficient (Wildman–Crippen LogP) is 2.15. The molecule has 3 rings (SSSR count). The van der Waals surface area contributed by atoms with E-state index >= 15 is 0 Å². The van der Waals surface area contributed by atoms with Crippen LogP contribution in [-0.4, -0.2) is 40.0 Å². The van der Waals surface area contributed by atoms with Gasteiger partial charge in [0.1, 0.15) is 11.9 Å². The van der Waals surface area contributed by atoms with E-state index in [4.69, 9.17) is 4.74 Å². The molecule has 1 fully saturated rings. The molecule has 1 aliphatic heterocycles. The minimum atomic E-state index is -0.0899. The van der Waals surface area contributed by atoms with E-state index in [-0.39, 0.29) is 12.0 Å². The standard InChI is InChI=1S/C15H18N4O2S/c1-11(20)17-15-18-12(10-22-15)8-19-7-4-14(9-19)21-13-2-5-16-6-3-13/h2-3,5-6,10,14H,4,7-9H2,1H3,(H,17,18,20)/t14-/m1/s1. The molecule has 22 heavy (non-hydrogen) atoms. The highest BCUT2D eigenvalue weighted by Gasteiger charge is 2.24. The molecule has 2 aromatic rings. The second kappa shape index (κ2) is 6.85. The summed E-state index contributed by atoms with van der Waals surface area (Å²) in [5.74, 6) is 0.774. The summed E-state index contributed by atoms with van der Waals surface area (Å²) < 4.78 is 5.94.